The Labute approximate surface area is 205 Å². The van der Waals surface area contributed by atoms with Gasteiger partial charge in [-0.15, -0.1) is 24.0 Å². The van der Waals surface area contributed by atoms with Gasteiger partial charge in [-0.2, -0.15) is 0 Å². The third kappa shape index (κ3) is 10.0. The monoisotopic (exact) mass is 549 g/mol. The first-order valence-electron chi connectivity index (χ1n) is 11.3. The van der Waals surface area contributed by atoms with Crippen LogP contribution in [0, 0.1) is 5.82 Å². The van der Waals surface area contributed by atoms with E-state index >= 15 is 0 Å². The van der Waals surface area contributed by atoms with Gasteiger partial charge in [-0.25, -0.2) is 4.39 Å². The molecule has 0 aliphatic carbocycles. The lowest BCUT2D eigenvalue weighted by Crippen LogP contribution is -2.48. The molecule has 1 heterocycles. The minimum absolute atomic E-state index is 0. The lowest BCUT2D eigenvalue weighted by molar-refractivity contribution is 0.0170. The molecule has 1 aliphatic rings. The summed E-state index contributed by atoms with van der Waals surface area (Å²) in [4.78, 5) is 9.26. The Morgan fingerprint density at radius 2 is 1.84 bits per heavy atom. The van der Waals surface area contributed by atoms with Gasteiger partial charge in [0.25, 0.3) is 0 Å². The number of nitrogens with one attached hydrogen (secondary N) is 2. The Morgan fingerprint density at radius 3 is 2.42 bits per heavy atom. The summed E-state index contributed by atoms with van der Waals surface area (Å²) in [5.41, 5.74) is 1.11. The van der Waals surface area contributed by atoms with Crippen molar-refractivity contribution < 1.29 is 9.13 Å². The summed E-state index contributed by atoms with van der Waals surface area (Å²) in [6.45, 7) is 13.9. The second-order valence-corrected chi connectivity index (χ2v) is 7.88. The van der Waals surface area contributed by atoms with E-state index in [9.17, 15) is 4.39 Å². The third-order valence-corrected chi connectivity index (χ3v) is 5.82. The molecule has 178 valence electrons. The van der Waals surface area contributed by atoms with Crippen molar-refractivity contribution in [3.05, 3.63) is 35.6 Å². The summed E-state index contributed by atoms with van der Waals surface area (Å²) in [6, 6.07) is 7.32. The number of halogens is 2. The van der Waals surface area contributed by atoms with E-state index in [1.54, 1.807) is 7.05 Å². The van der Waals surface area contributed by atoms with E-state index < -0.39 is 0 Å². The van der Waals surface area contributed by atoms with Crippen LogP contribution in [0.5, 0.6) is 0 Å². The van der Waals surface area contributed by atoms with Crippen LogP contribution in [-0.2, 0) is 4.74 Å². The van der Waals surface area contributed by atoms with Crippen LogP contribution >= 0.6 is 24.0 Å². The van der Waals surface area contributed by atoms with Crippen LogP contribution in [0.1, 0.15) is 45.2 Å². The predicted octanol–water partition coefficient (Wildman–Crippen LogP) is 3.49. The van der Waals surface area contributed by atoms with E-state index in [0.29, 0.717) is 12.6 Å². The van der Waals surface area contributed by atoms with Crippen molar-refractivity contribution in [2.45, 2.75) is 45.7 Å². The van der Waals surface area contributed by atoms with Gasteiger partial charge in [-0.05, 0) is 57.1 Å². The van der Waals surface area contributed by atoms with Gasteiger partial charge in [0.15, 0.2) is 5.96 Å². The molecule has 1 aromatic rings. The number of morpholine rings is 1. The second kappa shape index (κ2) is 15.8. The molecule has 0 spiro atoms. The highest BCUT2D eigenvalue weighted by Gasteiger charge is 2.23. The van der Waals surface area contributed by atoms with E-state index in [1.807, 2.05) is 12.1 Å². The molecule has 8 heteroatoms. The number of hydrogen-bond acceptors (Lipinski definition) is 4. The van der Waals surface area contributed by atoms with E-state index in [4.69, 9.17) is 4.74 Å². The molecule has 1 saturated heterocycles. The summed E-state index contributed by atoms with van der Waals surface area (Å²) < 4.78 is 18.9. The van der Waals surface area contributed by atoms with Gasteiger partial charge in [0.1, 0.15) is 5.82 Å². The fourth-order valence-corrected chi connectivity index (χ4v) is 3.89. The van der Waals surface area contributed by atoms with Gasteiger partial charge in [0.2, 0.25) is 0 Å². The molecular formula is C23H41FIN5O. The van der Waals surface area contributed by atoms with Crippen molar-refractivity contribution in [2.24, 2.45) is 4.99 Å². The van der Waals surface area contributed by atoms with E-state index in [-0.39, 0.29) is 35.8 Å². The highest BCUT2D eigenvalue weighted by Crippen LogP contribution is 2.21. The Hall–Kier alpha value is -0.970. The SMILES string of the molecule is CCN(CC)CCCC(C)NC(=NC)NCC(c1ccc(F)cc1)N1CCOCC1.I. The van der Waals surface area contributed by atoms with Crippen LogP contribution < -0.4 is 10.6 Å². The standard InChI is InChI=1S/C23H40FN5O.HI/c1-5-28(6-2)13-7-8-19(3)27-23(25-4)26-18-22(29-14-16-30-17-15-29)20-9-11-21(24)12-10-20;/h9-12,19,22H,5-8,13-18H2,1-4H3,(H2,25,26,27);1H. The molecule has 2 N–H and O–H groups in total. The third-order valence-electron chi connectivity index (χ3n) is 5.82. The second-order valence-electron chi connectivity index (χ2n) is 7.88. The smallest absolute Gasteiger partial charge is 0.191 e. The van der Waals surface area contributed by atoms with Crippen molar-refractivity contribution in [1.82, 2.24) is 20.4 Å². The van der Waals surface area contributed by atoms with Crippen LogP contribution in [0.4, 0.5) is 4.39 Å². The maximum atomic E-state index is 13.4. The van der Waals surface area contributed by atoms with Gasteiger partial charge in [-0.1, -0.05) is 26.0 Å². The van der Waals surface area contributed by atoms with E-state index in [2.05, 4.69) is 46.2 Å². The summed E-state index contributed by atoms with van der Waals surface area (Å²) in [5, 5.41) is 7.00. The van der Waals surface area contributed by atoms with Crippen LogP contribution in [0.2, 0.25) is 0 Å². The molecule has 0 aromatic heterocycles. The number of ether oxygens (including phenoxy) is 1. The van der Waals surface area contributed by atoms with Crippen molar-refractivity contribution in [2.75, 3.05) is 59.5 Å². The molecule has 1 fully saturated rings. The first kappa shape index (κ1) is 28.1. The Balaban J connectivity index is 0.00000480. The number of rotatable bonds is 11. The van der Waals surface area contributed by atoms with Crippen LogP contribution in [-0.4, -0.2) is 81.3 Å². The topological polar surface area (TPSA) is 52.1 Å². The molecular weight excluding hydrogens is 508 g/mol. The molecule has 6 nitrogen and oxygen atoms in total. The van der Waals surface area contributed by atoms with Crippen molar-refractivity contribution in [1.29, 1.82) is 0 Å². The maximum Gasteiger partial charge on any atom is 0.191 e. The van der Waals surface area contributed by atoms with Crippen LogP contribution in [0.3, 0.4) is 0 Å². The molecule has 2 atom stereocenters. The molecule has 0 saturated carbocycles. The lowest BCUT2D eigenvalue weighted by Gasteiger charge is -2.35. The number of benzene rings is 1. The largest absolute Gasteiger partial charge is 0.379 e. The average molecular weight is 550 g/mol. The number of aliphatic imine (C=N–C) groups is 1. The highest BCUT2D eigenvalue weighted by atomic mass is 127. The van der Waals surface area contributed by atoms with Crippen molar-refractivity contribution in [3.8, 4) is 0 Å². The molecule has 1 aromatic carbocycles. The lowest BCUT2D eigenvalue weighted by atomic mass is 10.0. The van der Waals surface area contributed by atoms with Crippen LogP contribution in [0.25, 0.3) is 0 Å². The molecule has 2 unspecified atom stereocenters. The van der Waals surface area contributed by atoms with Crippen molar-refractivity contribution in [3.63, 3.8) is 0 Å². The predicted molar refractivity (Wildman–Crippen MR) is 138 cm³/mol. The highest BCUT2D eigenvalue weighted by molar-refractivity contribution is 14.0. The van der Waals surface area contributed by atoms with E-state index in [1.165, 1.54) is 18.6 Å². The molecule has 0 radical (unpaired) electrons. The Morgan fingerprint density at radius 1 is 1.19 bits per heavy atom. The zero-order valence-corrected chi connectivity index (χ0v) is 21.9. The fourth-order valence-electron chi connectivity index (χ4n) is 3.89. The number of guanidine groups is 1. The molecule has 0 amide bonds. The molecule has 1 aliphatic heterocycles. The summed E-state index contributed by atoms with van der Waals surface area (Å²) in [6.07, 6.45) is 2.26. The van der Waals surface area contributed by atoms with Gasteiger partial charge < -0.3 is 20.3 Å². The summed E-state index contributed by atoms with van der Waals surface area (Å²) in [5.74, 6) is 0.606. The normalized spacial score (nSPS) is 17.2. The quantitative estimate of drug-likeness (QED) is 0.252. The van der Waals surface area contributed by atoms with Crippen LogP contribution in [0.15, 0.2) is 29.3 Å². The van der Waals surface area contributed by atoms with Gasteiger partial charge in [-0.3, -0.25) is 9.89 Å². The first-order chi connectivity index (χ1) is 14.6. The van der Waals surface area contributed by atoms with E-state index in [0.717, 1.165) is 63.9 Å². The summed E-state index contributed by atoms with van der Waals surface area (Å²) >= 11 is 0. The van der Waals surface area contributed by atoms with Gasteiger partial charge in [0.05, 0.1) is 19.3 Å². The average Bonchev–Trinajstić information content (AvgIpc) is 2.78. The number of nitrogens with zero attached hydrogens (tertiary/aromatic N) is 3. The maximum absolute atomic E-state index is 13.4. The molecule has 0 bridgehead atoms. The fraction of sp³-hybridized carbons (Fsp3) is 0.696. The Kier molecular flexibility index (Phi) is 14.3. The zero-order valence-electron chi connectivity index (χ0n) is 19.6. The summed E-state index contributed by atoms with van der Waals surface area (Å²) in [7, 11) is 1.81. The number of hydrogen-bond donors (Lipinski definition) is 2. The molecule has 2 rings (SSSR count). The Bertz CT molecular complexity index is 621. The minimum Gasteiger partial charge on any atom is -0.379 e. The zero-order chi connectivity index (χ0) is 21.8. The molecule has 31 heavy (non-hydrogen) atoms. The van der Waals surface area contributed by atoms with Gasteiger partial charge >= 0.3 is 0 Å². The first-order valence-corrected chi connectivity index (χ1v) is 11.3. The van der Waals surface area contributed by atoms with Crippen molar-refractivity contribution >= 4 is 29.9 Å². The van der Waals surface area contributed by atoms with Gasteiger partial charge in [0, 0.05) is 32.7 Å². The minimum atomic E-state index is -0.205.